The first-order valence-electron chi connectivity index (χ1n) is 3.86. The zero-order valence-corrected chi connectivity index (χ0v) is 8.35. The predicted octanol–water partition coefficient (Wildman–Crippen LogP) is 2.39. The van der Waals surface area contributed by atoms with Crippen molar-refractivity contribution in [1.29, 1.82) is 0 Å². The Labute approximate surface area is 84.8 Å². The second-order valence-electron chi connectivity index (χ2n) is 2.62. The molecule has 1 N–H and O–H groups in total. The minimum absolute atomic E-state index is 0.0857. The molecule has 0 spiro atoms. The summed E-state index contributed by atoms with van der Waals surface area (Å²) in [6.45, 7) is 0. The molecule has 0 aliphatic carbocycles. The topological polar surface area (TPSA) is 41.6 Å². The minimum atomic E-state index is -0.0857. The molecule has 0 radical (unpaired) electrons. The Bertz CT molecular complexity index is 343. The number of rotatable bonds is 3. The van der Waals surface area contributed by atoms with Crippen molar-refractivity contribution >= 4 is 22.9 Å². The predicted molar refractivity (Wildman–Crippen MR) is 53.0 cm³/mol. The first-order chi connectivity index (χ1) is 6.36. The second kappa shape index (κ2) is 3.89. The Kier molecular flexibility index (Phi) is 2.61. The van der Waals surface area contributed by atoms with Gasteiger partial charge in [-0.2, -0.15) is 0 Å². The van der Waals surface area contributed by atoms with Crippen LogP contribution in [0, 0.1) is 0 Å². The first-order valence-corrected chi connectivity index (χ1v) is 5.24. The molecule has 0 aromatic carbocycles. The van der Waals surface area contributed by atoms with E-state index >= 15 is 0 Å². The number of hydrogen-bond acceptors (Lipinski definition) is 3. The molecule has 0 fully saturated rings. The fourth-order valence-electron chi connectivity index (χ4n) is 1.06. The summed E-state index contributed by atoms with van der Waals surface area (Å²) in [6, 6.07) is 0. The van der Waals surface area contributed by atoms with Gasteiger partial charge in [0.15, 0.2) is 0 Å². The van der Waals surface area contributed by atoms with Crippen LogP contribution in [0.25, 0.3) is 0 Å². The van der Waals surface area contributed by atoms with E-state index in [4.69, 9.17) is 11.6 Å². The lowest BCUT2D eigenvalue weighted by molar-refractivity contribution is 0.834. The molecule has 1 unspecified atom stereocenters. The Morgan fingerprint density at radius 3 is 3.08 bits per heavy atom. The lowest BCUT2D eigenvalue weighted by atomic mass is 10.2. The van der Waals surface area contributed by atoms with E-state index in [0.717, 1.165) is 11.5 Å². The number of nitrogens with one attached hydrogen (secondary N) is 1. The van der Waals surface area contributed by atoms with Crippen LogP contribution in [0.3, 0.4) is 0 Å². The second-order valence-corrected chi connectivity index (χ2v) is 3.87. The molecular formula is C8H8ClN3S. The number of imidazole rings is 1. The fourth-order valence-corrected chi connectivity index (χ4v) is 2.01. The van der Waals surface area contributed by atoms with Gasteiger partial charge in [0.05, 0.1) is 16.6 Å². The zero-order valence-electron chi connectivity index (χ0n) is 6.77. The van der Waals surface area contributed by atoms with Gasteiger partial charge in [0.25, 0.3) is 0 Å². The van der Waals surface area contributed by atoms with Gasteiger partial charge in [-0.1, -0.05) is 0 Å². The van der Waals surface area contributed by atoms with Crippen LogP contribution >= 0.6 is 22.9 Å². The van der Waals surface area contributed by atoms with Crippen molar-refractivity contribution in [2.24, 2.45) is 0 Å². The van der Waals surface area contributed by atoms with Crippen LogP contribution in [-0.4, -0.2) is 15.0 Å². The average molecular weight is 214 g/mol. The highest BCUT2D eigenvalue weighted by atomic mass is 35.5. The van der Waals surface area contributed by atoms with Crippen molar-refractivity contribution < 1.29 is 0 Å². The molecule has 0 amide bonds. The molecular weight excluding hydrogens is 206 g/mol. The van der Waals surface area contributed by atoms with Crippen LogP contribution in [0.15, 0.2) is 23.3 Å². The van der Waals surface area contributed by atoms with Crippen molar-refractivity contribution in [3.63, 3.8) is 0 Å². The highest BCUT2D eigenvalue weighted by Crippen LogP contribution is 2.22. The van der Waals surface area contributed by atoms with Gasteiger partial charge in [-0.3, -0.25) is 0 Å². The lowest BCUT2D eigenvalue weighted by Gasteiger charge is -2.02. The van der Waals surface area contributed by atoms with E-state index < -0.39 is 0 Å². The minimum Gasteiger partial charge on any atom is -0.349 e. The van der Waals surface area contributed by atoms with Gasteiger partial charge in [0, 0.05) is 24.2 Å². The van der Waals surface area contributed by atoms with Gasteiger partial charge < -0.3 is 4.98 Å². The van der Waals surface area contributed by atoms with E-state index in [2.05, 4.69) is 15.0 Å². The molecule has 68 valence electrons. The maximum absolute atomic E-state index is 6.12. The van der Waals surface area contributed by atoms with E-state index in [1.165, 1.54) is 0 Å². The molecule has 0 bridgehead atoms. The SMILES string of the molecule is ClC(Cc1ncc[nH]1)c1cscn1. The summed E-state index contributed by atoms with van der Waals surface area (Å²) >= 11 is 7.68. The molecule has 5 heteroatoms. The van der Waals surface area contributed by atoms with E-state index in [1.54, 1.807) is 29.2 Å². The van der Waals surface area contributed by atoms with Crippen LogP contribution in [0.5, 0.6) is 0 Å². The number of halogens is 1. The third-order valence-electron chi connectivity index (χ3n) is 1.70. The third kappa shape index (κ3) is 2.08. The van der Waals surface area contributed by atoms with Crippen molar-refractivity contribution in [2.45, 2.75) is 11.8 Å². The van der Waals surface area contributed by atoms with Crippen LogP contribution in [0.4, 0.5) is 0 Å². The molecule has 0 aliphatic heterocycles. The summed E-state index contributed by atoms with van der Waals surface area (Å²) in [4.78, 5) is 11.3. The average Bonchev–Trinajstić information content (AvgIpc) is 2.74. The van der Waals surface area contributed by atoms with Crippen molar-refractivity contribution in [1.82, 2.24) is 15.0 Å². The maximum Gasteiger partial charge on any atom is 0.107 e. The van der Waals surface area contributed by atoms with Gasteiger partial charge in [-0.15, -0.1) is 22.9 Å². The smallest absolute Gasteiger partial charge is 0.107 e. The van der Waals surface area contributed by atoms with E-state index in [9.17, 15) is 0 Å². The number of alkyl halides is 1. The van der Waals surface area contributed by atoms with Crippen LogP contribution < -0.4 is 0 Å². The van der Waals surface area contributed by atoms with Crippen molar-refractivity contribution in [2.75, 3.05) is 0 Å². The highest BCUT2D eigenvalue weighted by molar-refractivity contribution is 7.07. The largest absolute Gasteiger partial charge is 0.349 e. The first kappa shape index (κ1) is 8.72. The molecule has 2 heterocycles. The Morgan fingerprint density at radius 2 is 2.46 bits per heavy atom. The van der Waals surface area contributed by atoms with Gasteiger partial charge in [-0.05, 0) is 0 Å². The fraction of sp³-hybridized carbons (Fsp3) is 0.250. The van der Waals surface area contributed by atoms with Crippen LogP contribution in [0.1, 0.15) is 16.9 Å². The monoisotopic (exact) mass is 213 g/mol. The van der Waals surface area contributed by atoms with Crippen LogP contribution in [-0.2, 0) is 6.42 Å². The zero-order chi connectivity index (χ0) is 9.10. The number of thiazole rings is 1. The molecule has 0 aliphatic rings. The molecule has 3 nitrogen and oxygen atoms in total. The van der Waals surface area contributed by atoms with Gasteiger partial charge in [0.1, 0.15) is 5.82 Å². The van der Waals surface area contributed by atoms with Crippen molar-refractivity contribution in [3.05, 3.63) is 34.8 Å². The molecule has 2 aromatic rings. The van der Waals surface area contributed by atoms with E-state index in [-0.39, 0.29) is 5.38 Å². The van der Waals surface area contributed by atoms with Gasteiger partial charge in [-0.25, -0.2) is 9.97 Å². The number of aromatic amines is 1. The molecule has 2 rings (SSSR count). The third-order valence-corrected chi connectivity index (χ3v) is 2.68. The number of aromatic nitrogens is 3. The Balaban J connectivity index is 2.04. The Hall–Kier alpha value is -0.870. The highest BCUT2D eigenvalue weighted by Gasteiger charge is 2.11. The summed E-state index contributed by atoms with van der Waals surface area (Å²) in [5, 5.41) is 1.87. The number of H-pyrrole nitrogens is 1. The van der Waals surface area contributed by atoms with Crippen molar-refractivity contribution in [3.8, 4) is 0 Å². The van der Waals surface area contributed by atoms with Gasteiger partial charge >= 0.3 is 0 Å². The summed E-state index contributed by atoms with van der Waals surface area (Å²) < 4.78 is 0. The molecule has 0 saturated heterocycles. The van der Waals surface area contributed by atoms with Gasteiger partial charge in [0.2, 0.25) is 0 Å². The number of nitrogens with zero attached hydrogens (tertiary/aromatic N) is 2. The Morgan fingerprint density at radius 1 is 1.54 bits per heavy atom. The van der Waals surface area contributed by atoms with E-state index in [1.807, 2.05) is 5.38 Å². The quantitative estimate of drug-likeness (QED) is 0.796. The van der Waals surface area contributed by atoms with Crippen LogP contribution in [0.2, 0.25) is 0 Å². The number of hydrogen-bond donors (Lipinski definition) is 1. The summed E-state index contributed by atoms with van der Waals surface area (Å²) in [5.41, 5.74) is 2.70. The normalized spacial score (nSPS) is 13.0. The summed E-state index contributed by atoms with van der Waals surface area (Å²) in [7, 11) is 0. The van der Waals surface area contributed by atoms with E-state index in [0.29, 0.717) is 6.42 Å². The molecule has 0 saturated carbocycles. The summed E-state index contributed by atoms with van der Waals surface area (Å²) in [5.74, 6) is 0.896. The summed E-state index contributed by atoms with van der Waals surface area (Å²) in [6.07, 6.45) is 4.21. The molecule has 1 atom stereocenters. The molecule has 2 aromatic heterocycles. The maximum atomic E-state index is 6.12. The lowest BCUT2D eigenvalue weighted by Crippen LogP contribution is -1.97. The standard InChI is InChI=1S/C8H8ClN3S/c9-6(7-4-13-5-12-7)3-8-10-1-2-11-8/h1-2,4-6H,3H2,(H,10,11). The molecule has 13 heavy (non-hydrogen) atoms.